The van der Waals surface area contributed by atoms with Gasteiger partial charge in [0.2, 0.25) is 0 Å². The second-order valence-corrected chi connectivity index (χ2v) is 5.18. The highest BCUT2D eigenvalue weighted by molar-refractivity contribution is 9.10. The molecule has 1 amide bonds. The number of carbonyl (C=O) groups is 1. The third kappa shape index (κ3) is 3.98. The van der Waals surface area contributed by atoms with Crippen LogP contribution >= 0.6 is 15.9 Å². The van der Waals surface area contributed by atoms with Crippen molar-refractivity contribution < 1.29 is 14.3 Å². The number of methoxy groups -OCH3 is 1. The van der Waals surface area contributed by atoms with Crippen LogP contribution in [-0.4, -0.2) is 19.6 Å². The fraction of sp³-hybridized carbons (Fsp3) is 0.188. The number of anilines is 1. The number of amides is 1. The molecule has 1 N–H and O–H groups in total. The van der Waals surface area contributed by atoms with Gasteiger partial charge in [-0.25, -0.2) is 0 Å². The fourth-order valence-corrected chi connectivity index (χ4v) is 2.25. The molecule has 0 aliphatic rings. The van der Waals surface area contributed by atoms with E-state index in [2.05, 4.69) is 21.2 Å². The van der Waals surface area contributed by atoms with Crippen molar-refractivity contribution in [1.82, 2.24) is 0 Å². The maximum Gasteiger partial charge on any atom is 0.255 e. The van der Waals surface area contributed by atoms with Gasteiger partial charge < -0.3 is 14.8 Å². The van der Waals surface area contributed by atoms with E-state index in [4.69, 9.17) is 9.47 Å². The third-order valence-corrected chi connectivity index (χ3v) is 3.30. The summed E-state index contributed by atoms with van der Waals surface area (Å²) in [6.45, 7) is 2.42. The number of ether oxygens (including phenoxy) is 2. The van der Waals surface area contributed by atoms with E-state index in [1.54, 1.807) is 37.4 Å². The normalized spacial score (nSPS) is 10.0. The maximum atomic E-state index is 12.2. The smallest absolute Gasteiger partial charge is 0.255 e. The van der Waals surface area contributed by atoms with Crippen LogP contribution in [0.25, 0.3) is 0 Å². The Balaban J connectivity index is 2.19. The molecular formula is C16H16BrNO3. The molecule has 2 aromatic rings. The Morgan fingerprint density at radius 2 is 2.00 bits per heavy atom. The molecule has 110 valence electrons. The van der Waals surface area contributed by atoms with Crippen LogP contribution in [0.4, 0.5) is 5.69 Å². The highest BCUT2D eigenvalue weighted by atomic mass is 79.9. The second-order valence-electron chi connectivity index (χ2n) is 4.26. The maximum absolute atomic E-state index is 12.2. The molecule has 0 aliphatic heterocycles. The van der Waals surface area contributed by atoms with E-state index < -0.39 is 0 Å². The molecule has 0 saturated carbocycles. The summed E-state index contributed by atoms with van der Waals surface area (Å²) >= 11 is 3.35. The van der Waals surface area contributed by atoms with Gasteiger partial charge in [0.15, 0.2) is 11.5 Å². The molecule has 5 heteroatoms. The van der Waals surface area contributed by atoms with Crippen molar-refractivity contribution in [2.24, 2.45) is 0 Å². The molecule has 4 nitrogen and oxygen atoms in total. The van der Waals surface area contributed by atoms with Crippen molar-refractivity contribution in [2.45, 2.75) is 6.92 Å². The van der Waals surface area contributed by atoms with Crippen LogP contribution in [0.3, 0.4) is 0 Å². The first kappa shape index (κ1) is 15.4. The Kier molecular flexibility index (Phi) is 5.22. The summed E-state index contributed by atoms with van der Waals surface area (Å²) in [5.74, 6) is 1.06. The van der Waals surface area contributed by atoms with Crippen LogP contribution in [0.1, 0.15) is 17.3 Å². The standard InChI is InChI=1S/C16H16BrNO3/c1-3-21-15-10-13(7-8-14(15)20-2)18-16(19)11-5-4-6-12(17)9-11/h4-10H,3H2,1-2H3,(H,18,19). The van der Waals surface area contributed by atoms with Crippen LogP contribution in [0, 0.1) is 0 Å². The highest BCUT2D eigenvalue weighted by Gasteiger charge is 2.09. The Morgan fingerprint density at radius 1 is 1.19 bits per heavy atom. The number of benzene rings is 2. The van der Waals surface area contributed by atoms with Crippen LogP contribution in [0.5, 0.6) is 11.5 Å². The van der Waals surface area contributed by atoms with Crippen molar-refractivity contribution in [3.63, 3.8) is 0 Å². The zero-order chi connectivity index (χ0) is 15.2. The highest BCUT2D eigenvalue weighted by Crippen LogP contribution is 2.30. The predicted molar refractivity (Wildman–Crippen MR) is 86.3 cm³/mol. The Labute approximate surface area is 132 Å². The molecule has 0 unspecified atom stereocenters. The number of halogens is 1. The number of hydrogen-bond acceptors (Lipinski definition) is 3. The molecule has 0 saturated heterocycles. The van der Waals surface area contributed by atoms with Crippen molar-refractivity contribution >= 4 is 27.5 Å². The Morgan fingerprint density at radius 3 is 2.67 bits per heavy atom. The Bertz CT molecular complexity index is 643. The van der Waals surface area contributed by atoms with E-state index >= 15 is 0 Å². The summed E-state index contributed by atoms with van der Waals surface area (Å²) in [4.78, 5) is 12.2. The summed E-state index contributed by atoms with van der Waals surface area (Å²) in [6.07, 6.45) is 0. The van der Waals surface area contributed by atoms with Gasteiger partial charge in [-0.05, 0) is 37.3 Å². The minimum atomic E-state index is -0.177. The molecule has 2 aromatic carbocycles. The molecule has 2 rings (SSSR count). The SMILES string of the molecule is CCOc1cc(NC(=O)c2cccc(Br)c2)ccc1OC. The average Bonchev–Trinajstić information content (AvgIpc) is 2.48. The first-order chi connectivity index (χ1) is 10.1. The lowest BCUT2D eigenvalue weighted by Gasteiger charge is -2.12. The van der Waals surface area contributed by atoms with E-state index in [1.807, 2.05) is 19.1 Å². The third-order valence-electron chi connectivity index (χ3n) is 2.81. The van der Waals surface area contributed by atoms with Gasteiger partial charge in [0.25, 0.3) is 5.91 Å². The van der Waals surface area contributed by atoms with Crippen LogP contribution in [0.15, 0.2) is 46.9 Å². The van der Waals surface area contributed by atoms with E-state index in [1.165, 1.54) is 0 Å². The van der Waals surface area contributed by atoms with E-state index in [-0.39, 0.29) is 5.91 Å². The zero-order valence-corrected chi connectivity index (χ0v) is 13.4. The van der Waals surface area contributed by atoms with Gasteiger partial charge in [-0.15, -0.1) is 0 Å². The topological polar surface area (TPSA) is 47.6 Å². The molecular weight excluding hydrogens is 334 g/mol. The van der Waals surface area contributed by atoms with Gasteiger partial charge in [-0.2, -0.15) is 0 Å². The molecule has 0 atom stereocenters. The summed E-state index contributed by atoms with van der Waals surface area (Å²) in [5.41, 5.74) is 1.24. The molecule has 0 bridgehead atoms. The van der Waals surface area contributed by atoms with Gasteiger partial charge in [-0.3, -0.25) is 4.79 Å². The lowest BCUT2D eigenvalue weighted by molar-refractivity contribution is 0.102. The molecule has 0 radical (unpaired) electrons. The summed E-state index contributed by atoms with van der Waals surface area (Å²) in [5, 5.41) is 2.84. The second kappa shape index (κ2) is 7.13. The first-order valence-corrected chi connectivity index (χ1v) is 7.31. The molecule has 0 aromatic heterocycles. The zero-order valence-electron chi connectivity index (χ0n) is 11.9. The molecule has 21 heavy (non-hydrogen) atoms. The summed E-state index contributed by atoms with van der Waals surface area (Å²) < 4.78 is 11.6. The quantitative estimate of drug-likeness (QED) is 0.883. The van der Waals surface area contributed by atoms with Gasteiger partial charge >= 0.3 is 0 Å². The summed E-state index contributed by atoms with van der Waals surface area (Å²) in [7, 11) is 1.58. The fourth-order valence-electron chi connectivity index (χ4n) is 1.86. The lowest BCUT2D eigenvalue weighted by Crippen LogP contribution is -2.12. The lowest BCUT2D eigenvalue weighted by atomic mass is 10.2. The van der Waals surface area contributed by atoms with Gasteiger partial charge in [0.1, 0.15) is 0 Å². The van der Waals surface area contributed by atoms with Crippen LogP contribution < -0.4 is 14.8 Å². The van der Waals surface area contributed by atoms with Gasteiger partial charge in [0, 0.05) is 21.8 Å². The monoisotopic (exact) mass is 349 g/mol. The van der Waals surface area contributed by atoms with E-state index in [0.717, 1.165) is 4.47 Å². The number of carbonyl (C=O) groups excluding carboxylic acids is 1. The minimum absolute atomic E-state index is 0.177. The van der Waals surface area contributed by atoms with Crippen LogP contribution in [-0.2, 0) is 0 Å². The predicted octanol–water partition coefficient (Wildman–Crippen LogP) is 4.11. The van der Waals surface area contributed by atoms with Gasteiger partial charge in [-0.1, -0.05) is 22.0 Å². The van der Waals surface area contributed by atoms with Crippen LogP contribution in [0.2, 0.25) is 0 Å². The van der Waals surface area contributed by atoms with Crippen molar-refractivity contribution in [1.29, 1.82) is 0 Å². The van der Waals surface area contributed by atoms with Crippen molar-refractivity contribution in [2.75, 3.05) is 19.0 Å². The molecule has 0 aliphatic carbocycles. The average molecular weight is 350 g/mol. The number of hydrogen-bond donors (Lipinski definition) is 1. The largest absolute Gasteiger partial charge is 0.493 e. The first-order valence-electron chi connectivity index (χ1n) is 6.51. The van der Waals surface area contributed by atoms with E-state index in [0.29, 0.717) is 29.4 Å². The molecule has 0 spiro atoms. The number of rotatable bonds is 5. The van der Waals surface area contributed by atoms with Crippen molar-refractivity contribution in [3.8, 4) is 11.5 Å². The van der Waals surface area contributed by atoms with Crippen molar-refractivity contribution in [3.05, 3.63) is 52.5 Å². The van der Waals surface area contributed by atoms with E-state index in [9.17, 15) is 4.79 Å². The molecule has 0 fully saturated rings. The minimum Gasteiger partial charge on any atom is -0.493 e. The summed E-state index contributed by atoms with van der Waals surface area (Å²) in [6, 6.07) is 12.5. The molecule has 0 heterocycles. The Hall–Kier alpha value is -2.01. The number of nitrogens with one attached hydrogen (secondary N) is 1. The van der Waals surface area contributed by atoms with Gasteiger partial charge in [0.05, 0.1) is 13.7 Å².